The smallest absolute Gasteiger partial charge is 0.109 e. The monoisotopic (exact) mass is 339 g/mol. The fourth-order valence-electron chi connectivity index (χ4n) is 3.71. The molecule has 2 heterocycles. The van der Waals surface area contributed by atoms with E-state index in [-0.39, 0.29) is 6.10 Å². The molecule has 2 aromatic carbocycles. The van der Waals surface area contributed by atoms with Crippen molar-refractivity contribution < 1.29 is 4.74 Å². The summed E-state index contributed by atoms with van der Waals surface area (Å²) in [5.41, 5.74) is 5.43. The zero-order valence-corrected chi connectivity index (χ0v) is 15.3. The van der Waals surface area contributed by atoms with Gasteiger partial charge in [-0.3, -0.25) is 0 Å². The van der Waals surface area contributed by atoms with Crippen molar-refractivity contribution >= 4 is 11.8 Å². The first kappa shape index (κ1) is 16.2. The summed E-state index contributed by atoms with van der Waals surface area (Å²) in [4.78, 5) is 3.77. The van der Waals surface area contributed by atoms with Crippen LogP contribution in [0, 0.1) is 6.92 Å². The Bertz CT molecular complexity index is 722. The van der Waals surface area contributed by atoms with Crippen molar-refractivity contribution in [2.24, 2.45) is 0 Å². The molecule has 2 nitrogen and oxygen atoms in total. The number of ether oxygens (including phenoxy) is 1. The molecule has 24 heavy (non-hydrogen) atoms. The Morgan fingerprint density at radius 2 is 1.83 bits per heavy atom. The van der Waals surface area contributed by atoms with Crippen LogP contribution in [0.1, 0.15) is 41.2 Å². The molecular formula is C21H25NOS. The maximum Gasteiger partial charge on any atom is 0.109 e. The van der Waals surface area contributed by atoms with E-state index in [0.717, 1.165) is 31.7 Å². The summed E-state index contributed by atoms with van der Waals surface area (Å²) in [6, 6.07) is 15.6. The van der Waals surface area contributed by atoms with E-state index in [9.17, 15) is 0 Å². The largest absolute Gasteiger partial charge is 0.365 e. The number of benzene rings is 2. The summed E-state index contributed by atoms with van der Waals surface area (Å²) in [5, 5.41) is 0. The molecule has 2 aliphatic rings. The predicted octanol–water partition coefficient (Wildman–Crippen LogP) is 4.80. The van der Waals surface area contributed by atoms with Crippen LogP contribution in [0.2, 0.25) is 0 Å². The molecule has 0 amide bonds. The van der Waals surface area contributed by atoms with E-state index in [0.29, 0.717) is 6.10 Å². The standard InChI is InChI=1S/C21H25NOS/c1-15-7-8-20-19(13-15)21(23-17-9-11-22(2)12-10-17)18-6-4-3-5-16(18)14-24-20/h3-8,13,17,21H,9-12,14H2,1-2H3/t21-/m0/s1. The molecule has 0 aromatic heterocycles. The van der Waals surface area contributed by atoms with Crippen molar-refractivity contribution in [1.82, 2.24) is 4.90 Å². The maximum absolute atomic E-state index is 6.73. The van der Waals surface area contributed by atoms with E-state index >= 15 is 0 Å². The molecule has 0 radical (unpaired) electrons. The predicted molar refractivity (Wildman–Crippen MR) is 101 cm³/mol. The van der Waals surface area contributed by atoms with Gasteiger partial charge in [-0.05, 0) is 49.6 Å². The van der Waals surface area contributed by atoms with Gasteiger partial charge in [0.15, 0.2) is 0 Å². The molecule has 126 valence electrons. The summed E-state index contributed by atoms with van der Waals surface area (Å²) in [6.07, 6.45) is 2.68. The van der Waals surface area contributed by atoms with Gasteiger partial charge in [-0.25, -0.2) is 0 Å². The number of likely N-dealkylation sites (tertiary alicyclic amines) is 1. The van der Waals surface area contributed by atoms with E-state index in [4.69, 9.17) is 4.74 Å². The molecule has 1 saturated heterocycles. The van der Waals surface area contributed by atoms with Crippen LogP contribution in [0.25, 0.3) is 0 Å². The van der Waals surface area contributed by atoms with Crippen LogP contribution in [0.4, 0.5) is 0 Å². The fraction of sp³-hybridized carbons (Fsp3) is 0.429. The van der Waals surface area contributed by atoms with Crippen LogP contribution in [0.5, 0.6) is 0 Å². The van der Waals surface area contributed by atoms with Crippen molar-refractivity contribution in [3.8, 4) is 0 Å². The molecule has 0 bridgehead atoms. The second kappa shape index (κ2) is 6.91. The molecule has 2 aromatic rings. The van der Waals surface area contributed by atoms with Crippen LogP contribution in [-0.2, 0) is 10.5 Å². The molecule has 0 unspecified atom stereocenters. The number of thioether (sulfide) groups is 1. The highest BCUT2D eigenvalue weighted by molar-refractivity contribution is 7.98. The lowest BCUT2D eigenvalue weighted by molar-refractivity contribution is -0.0245. The maximum atomic E-state index is 6.73. The Labute approximate surface area is 149 Å². The second-order valence-electron chi connectivity index (χ2n) is 7.05. The molecule has 0 spiro atoms. The van der Waals surface area contributed by atoms with Crippen LogP contribution in [0.15, 0.2) is 47.4 Å². The van der Waals surface area contributed by atoms with Crippen molar-refractivity contribution in [3.05, 3.63) is 64.7 Å². The topological polar surface area (TPSA) is 12.5 Å². The van der Waals surface area contributed by atoms with E-state index in [2.05, 4.69) is 61.3 Å². The van der Waals surface area contributed by atoms with Crippen LogP contribution in [0.3, 0.4) is 0 Å². The average Bonchev–Trinajstić information content (AvgIpc) is 2.74. The van der Waals surface area contributed by atoms with Crippen molar-refractivity contribution in [2.75, 3.05) is 20.1 Å². The summed E-state index contributed by atoms with van der Waals surface area (Å²) < 4.78 is 6.73. The quantitative estimate of drug-likeness (QED) is 0.780. The van der Waals surface area contributed by atoms with Gasteiger partial charge in [0.1, 0.15) is 6.10 Å². The highest BCUT2D eigenvalue weighted by Crippen LogP contribution is 2.42. The van der Waals surface area contributed by atoms with Crippen molar-refractivity contribution in [3.63, 3.8) is 0 Å². The Morgan fingerprint density at radius 3 is 2.67 bits per heavy atom. The van der Waals surface area contributed by atoms with Crippen molar-refractivity contribution in [2.45, 2.75) is 42.6 Å². The number of nitrogens with zero attached hydrogens (tertiary/aromatic N) is 1. The van der Waals surface area contributed by atoms with E-state index in [1.807, 2.05) is 11.8 Å². The third-order valence-corrected chi connectivity index (χ3v) is 6.30. The van der Waals surface area contributed by atoms with E-state index in [1.165, 1.54) is 27.1 Å². The van der Waals surface area contributed by atoms with E-state index in [1.54, 1.807) is 0 Å². The second-order valence-corrected chi connectivity index (χ2v) is 8.06. The molecule has 0 saturated carbocycles. The molecule has 2 aliphatic heterocycles. The van der Waals surface area contributed by atoms with Gasteiger partial charge in [0.2, 0.25) is 0 Å². The lowest BCUT2D eigenvalue weighted by atomic mass is 9.95. The first-order chi connectivity index (χ1) is 11.7. The Kier molecular flexibility index (Phi) is 4.66. The van der Waals surface area contributed by atoms with Crippen LogP contribution < -0.4 is 0 Å². The van der Waals surface area contributed by atoms with Gasteiger partial charge in [-0.1, -0.05) is 42.0 Å². The third kappa shape index (κ3) is 3.26. The number of piperidine rings is 1. The average molecular weight is 340 g/mol. The number of fused-ring (bicyclic) bond motifs is 2. The summed E-state index contributed by atoms with van der Waals surface area (Å²) >= 11 is 1.94. The van der Waals surface area contributed by atoms with Crippen molar-refractivity contribution in [1.29, 1.82) is 0 Å². The highest BCUT2D eigenvalue weighted by Gasteiger charge is 2.28. The van der Waals surface area contributed by atoms with Gasteiger partial charge in [0.25, 0.3) is 0 Å². The molecule has 4 rings (SSSR count). The zero-order valence-electron chi connectivity index (χ0n) is 14.5. The summed E-state index contributed by atoms with van der Waals surface area (Å²) in [7, 11) is 2.20. The highest BCUT2D eigenvalue weighted by atomic mass is 32.2. The minimum absolute atomic E-state index is 0.0690. The molecule has 1 fully saturated rings. The van der Waals surface area contributed by atoms with Crippen LogP contribution >= 0.6 is 11.8 Å². The molecular weight excluding hydrogens is 314 g/mol. The molecule has 0 N–H and O–H groups in total. The Morgan fingerprint density at radius 1 is 1.04 bits per heavy atom. The summed E-state index contributed by atoms with van der Waals surface area (Å²) in [6.45, 7) is 4.44. The minimum Gasteiger partial charge on any atom is -0.365 e. The van der Waals surface area contributed by atoms with Gasteiger partial charge in [-0.15, -0.1) is 11.8 Å². The van der Waals surface area contributed by atoms with Gasteiger partial charge < -0.3 is 9.64 Å². The first-order valence-electron chi connectivity index (χ1n) is 8.86. The Hall–Kier alpha value is -1.29. The SMILES string of the molecule is Cc1ccc2c(c1)[C@@H](OC1CCN(C)CC1)c1ccccc1CS2. The fourth-order valence-corrected chi connectivity index (χ4v) is 4.78. The van der Waals surface area contributed by atoms with Gasteiger partial charge >= 0.3 is 0 Å². The minimum atomic E-state index is 0.0690. The third-order valence-electron chi connectivity index (χ3n) is 5.16. The van der Waals surface area contributed by atoms with Gasteiger partial charge in [-0.2, -0.15) is 0 Å². The van der Waals surface area contributed by atoms with Gasteiger partial charge in [0, 0.05) is 23.7 Å². The Balaban J connectivity index is 1.71. The lowest BCUT2D eigenvalue weighted by Gasteiger charge is -2.32. The number of hydrogen-bond donors (Lipinski definition) is 0. The zero-order chi connectivity index (χ0) is 16.5. The molecule has 0 aliphatic carbocycles. The number of hydrogen-bond acceptors (Lipinski definition) is 3. The van der Waals surface area contributed by atoms with Gasteiger partial charge in [0.05, 0.1) is 6.10 Å². The number of aryl methyl sites for hydroxylation is 1. The van der Waals surface area contributed by atoms with Crippen LogP contribution in [-0.4, -0.2) is 31.1 Å². The normalized spacial score (nSPS) is 21.8. The first-order valence-corrected chi connectivity index (χ1v) is 9.84. The number of rotatable bonds is 2. The van der Waals surface area contributed by atoms with E-state index < -0.39 is 0 Å². The lowest BCUT2D eigenvalue weighted by Crippen LogP contribution is -2.35. The summed E-state index contributed by atoms with van der Waals surface area (Å²) in [5.74, 6) is 1.03. The molecule has 3 heteroatoms. The molecule has 1 atom stereocenters.